The van der Waals surface area contributed by atoms with E-state index in [2.05, 4.69) is 64.8 Å². The summed E-state index contributed by atoms with van der Waals surface area (Å²) in [5, 5.41) is 0. The third-order valence-electron chi connectivity index (χ3n) is 4.16. The van der Waals surface area contributed by atoms with Gasteiger partial charge in [0.1, 0.15) is 0 Å². The van der Waals surface area contributed by atoms with E-state index in [0.717, 1.165) is 25.8 Å². The predicted octanol–water partition coefficient (Wildman–Crippen LogP) is 5.41. The zero-order valence-electron chi connectivity index (χ0n) is 19.0. The molecule has 1 heterocycles. The number of nitrogens with two attached hydrogens (primary N) is 1. The number of rotatable bonds is 9. The Labute approximate surface area is 164 Å². The van der Waals surface area contributed by atoms with E-state index in [9.17, 15) is 4.79 Å². The smallest absolute Gasteiger partial charge is 0.305 e. The molecule has 1 rings (SSSR count). The molecular formula is C20H45NO3Si2. The zero-order chi connectivity index (χ0) is 20.6. The van der Waals surface area contributed by atoms with Crippen molar-refractivity contribution in [3.8, 4) is 0 Å². The molecule has 0 aromatic rings. The first-order chi connectivity index (χ1) is 11.6. The molecule has 6 heteroatoms. The number of carbonyl (C=O) groups excluding carboxylic acids is 1. The average molecular weight is 404 g/mol. The van der Waals surface area contributed by atoms with Crippen molar-refractivity contribution in [1.29, 1.82) is 0 Å². The van der Waals surface area contributed by atoms with E-state index >= 15 is 0 Å². The number of carbonyl (C=O) groups is 1. The lowest BCUT2D eigenvalue weighted by Crippen LogP contribution is -2.43. The second-order valence-corrected chi connectivity index (χ2v) is 20.8. The quantitative estimate of drug-likeness (QED) is 0.413. The van der Waals surface area contributed by atoms with Crippen LogP contribution >= 0.6 is 0 Å². The molecule has 4 nitrogen and oxygen atoms in total. The maximum atomic E-state index is 10.0. The molecule has 1 fully saturated rings. The molecule has 26 heavy (non-hydrogen) atoms. The lowest BCUT2D eigenvalue weighted by molar-refractivity contribution is -0.137. The summed E-state index contributed by atoms with van der Waals surface area (Å²) in [5.41, 5.74) is 6.10. The molecule has 1 unspecified atom stereocenters. The van der Waals surface area contributed by atoms with E-state index in [-0.39, 0.29) is 11.6 Å². The standard InChI is InChI=1S/C16H39NOSi2.C4H6O2/c1-15(2,18-20(7,8)9)13-16(3,11-10-12-17)14-19(4,5)6;5-4-2-1-3-6-4/h10-14,17H2,1-9H3;1-3H2. The van der Waals surface area contributed by atoms with Crippen LogP contribution in [-0.2, 0) is 14.0 Å². The molecule has 0 aromatic carbocycles. The number of hydrogen-bond donors (Lipinski definition) is 1. The van der Waals surface area contributed by atoms with Crippen LogP contribution in [0.25, 0.3) is 0 Å². The van der Waals surface area contributed by atoms with Crippen LogP contribution in [0, 0.1) is 5.41 Å². The van der Waals surface area contributed by atoms with Gasteiger partial charge < -0.3 is 14.9 Å². The normalized spacial score (nSPS) is 18.0. The fourth-order valence-corrected chi connectivity index (χ4v) is 9.01. The van der Waals surface area contributed by atoms with Gasteiger partial charge >= 0.3 is 5.97 Å². The van der Waals surface area contributed by atoms with Crippen molar-refractivity contribution in [3.05, 3.63) is 0 Å². The molecule has 0 amide bonds. The highest BCUT2D eigenvalue weighted by molar-refractivity contribution is 6.76. The van der Waals surface area contributed by atoms with E-state index in [4.69, 9.17) is 10.2 Å². The molecule has 2 N–H and O–H groups in total. The molecule has 1 saturated heterocycles. The van der Waals surface area contributed by atoms with E-state index in [0.29, 0.717) is 18.4 Å². The van der Waals surface area contributed by atoms with Crippen molar-refractivity contribution in [2.45, 2.75) is 104 Å². The van der Waals surface area contributed by atoms with Crippen LogP contribution in [0.4, 0.5) is 0 Å². The monoisotopic (exact) mass is 403 g/mol. The largest absolute Gasteiger partial charge is 0.466 e. The zero-order valence-corrected chi connectivity index (χ0v) is 21.0. The molecule has 1 aliphatic heterocycles. The second kappa shape index (κ2) is 10.4. The van der Waals surface area contributed by atoms with Gasteiger partial charge in [0.2, 0.25) is 0 Å². The first kappa shape index (κ1) is 25.8. The van der Waals surface area contributed by atoms with Crippen molar-refractivity contribution >= 4 is 22.4 Å². The Bertz CT molecular complexity index is 420. The van der Waals surface area contributed by atoms with Crippen LogP contribution in [0.1, 0.15) is 52.9 Å². The first-order valence-corrected chi connectivity index (χ1v) is 17.3. The van der Waals surface area contributed by atoms with Crippen molar-refractivity contribution in [2.75, 3.05) is 13.2 Å². The molecule has 0 radical (unpaired) electrons. The van der Waals surface area contributed by atoms with E-state index in [1.165, 1.54) is 12.5 Å². The van der Waals surface area contributed by atoms with Gasteiger partial charge in [0.05, 0.1) is 12.2 Å². The Morgan fingerprint density at radius 3 is 2.00 bits per heavy atom. The number of cyclic esters (lactones) is 1. The van der Waals surface area contributed by atoms with Crippen LogP contribution in [0.15, 0.2) is 0 Å². The number of ether oxygens (including phenoxy) is 1. The van der Waals surface area contributed by atoms with Gasteiger partial charge in [0.25, 0.3) is 0 Å². The Morgan fingerprint density at radius 1 is 1.12 bits per heavy atom. The predicted molar refractivity (Wildman–Crippen MR) is 118 cm³/mol. The summed E-state index contributed by atoms with van der Waals surface area (Å²) in [6.45, 7) is 22.7. The molecule has 0 aromatic heterocycles. The minimum Gasteiger partial charge on any atom is -0.466 e. The summed E-state index contributed by atoms with van der Waals surface area (Å²) >= 11 is 0. The van der Waals surface area contributed by atoms with Gasteiger partial charge in [-0.15, -0.1) is 0 Å². The highest BCUT2D eigenvalue weighted by atomic mass is 28.4. The highest BCUT2D eigenvalue weighted by Crippen LogP contribution is 2.42. The van der Waals surface area contributed by atoms with Crippen molar-refractivity contribution in [1.82, 2.24) is 0 Å². The first-order valence-electron chi connectivity index (χ1n) is 10.1. The van der Waals surface area contributed by atoms with Crippen molar-refractivity contribution in [3.63, 3.8) is 0 Å². The van der Waals surface area contributed by atoms with Gasteiger partial charge in [0.15, 0.2) is 8.32 Å². The third kappa shape index (κ3) is 14.0. The summed E-state index contributed by atoms with van der Waals surface area (Å²) < 4.78 is 11.0. The SMILES string of the molecule is CC(CCCN)(CC(C)(C)O[Si](C)(C)C)C[Si](C)(C)C.O=C1CCCO1. The Balaban J connectivity index is 0.000000867. The molecule has 0 spiro atoms. The average Bonchev–Trinajstić information content (AvgIpc) is 2.82. The maximum Gasteiger partial charge on any atom is 0.305 e. The van der Waals surface area contributed by atoms with Crippen LogP contribution in [0.5, 0.6) is 0 Å². The van der Waals surface area contributed by atoms with Gasteiger partial charge in [-0.2, -0.15) is 0 Å². The molecule has 0 aliphatic carbocycles. The van der Waals surface area contributed by atoms with E-state index in [1.54, 1.807) is 0 Å². The van der Waals surface area contributed by atoms with E-state index < -0.39 is 16.4 Å². The molecule has 156 valence electrons. The van der Waals surface area contributed by atoms with Crippen molar-refractivity contribution < 1.29 is 14.0 Å². The van der Waals surface area contributed by atoms with Gasteiger partial charge in [-0.1, -0.05) is 32.6 Å². The summed E-state index contributed by atoms with van der Waals surface area (Å²) in [6, 6.07) is 1.36. The molecule has 0 bridgehead atoms. The van der Waals surface area contributed by atoms with E-state index in [1.807, 2.05) is 0 Å². The van der Waals surface area contributed by atoms with Gasteiger partial charge in [-0.05, 0) is 71.1 Å². The van der Waals surface area contributed by atoms with Crippen LogP contribution in [0.2, 0.25) is 45.3 Å². The molecule has 1 aliphatic rings. The summed E-state index contributed by atoms with van der Waals surface area (Å²) in [5.74, 6) is -0.0463. The second-order valence-electron chi connectivity index (χ2n) is 10.9. The van der Waals surface area contributed by atoms with Crippen LogP contribution in [-0.4, -0.2) is 41.1 Å². The molecular weight excluding hydrogens is 358 g/mol. The molecule has 0 saturated carbocycles. The summed E-state index contributed by atoms with van der Waals surface area (Å²) in [7, 11) is -2.58. The fourth-order valence-electron chi connectivity index (χ4n) is 4.42. The van der Waals surface area contributed by atoms with Crippen LogP contribution in [0.3, 0.4) is 0 Å². The van der Waals surface area contributed by atoms with Gasteiger partial charge in [0, 0.05) is 14.5 Å². The third-order valence-corrected chi connectivity index (χ3v) is 7.24. The number of hydrogen-bond acceptors (Lipinski definition) is 4. The molecule has 1 atom stereocenters. The number of esters is 1. The van der Waals surface area contributed by atoms with Gasteiger partial charge in [-0.25, -0.2) is 0 Å². The van der Waals surface area contributed by atoms with Crippen molar-refractivity contribution in [2.24, 2.45) is 11.1 Å². The topological polar surface area (TPSA) is 61.5 Å². The van der Waals surface area contributed by atoms with Gasteiger partial charge in [-0.3, -0.25) is 4.79 Å². The highest BCUT2D eigenvalue weighted by Gasteiger charge is 2.38. The lowest BCUT2D eigenvalue weighted by Gasteiger charge is -2.43. The lowest BCUT2D eigenvalue weighted by atomic mass is 9.78. The maximum absolute atomic E-state index is 10.0. The Hall–Kier alpha value is -0.176. The summed E-state index contributed by atoms with van der Waals surface area (Å²) in [4.78, 5) is 10.0. The summed E-state index contributed by atoms with van der Waals surface area (Å²) in [6.07, 6.45) is 5.05. The van der Waals surface area contributed by atoms with Crippen LogP contribution < -0.4 is 5.73 Å². The Morgan fingerprint density at radius 2 is 1.69 bits per heavy atom. The Kier molecular flexibility index (Phi) is 10.3. The fraction of sp³-hybridized carbons (Fsp3) is 0.950. The minimum absolute atomic E-state index is 0.0204. The minimum atomic E-state index is -1.50.